The van der Waals surface area contributed by atoms with Crippen LogP contribution in [0.5, 0.6) is 0 Å². The molecule has 0 radical (unpaired) electrons. The summed E-state index contributed by atoms with van der Waals surface area (Å²) in [5.41, 5.74) is 5.66. The molecule has 2 aliphatic rings. The van der Waals surface area contributed by atoms with Gasteiger partial charge in [0.15, 0.2) is 0 Å². The van der Waals surface area contributed by atoms with E-state index in [0.29, 0.717) is 12.5 Å². The predicted molar refractivity (Wildman–Crippen MR) is 79.6 cm³/mol. The largest absolute Gasteiger partial charge is 0.372 e. The fraction of sp³-hybridized carbons (Fsp3) is 0.467. The molecule has 1 aromatic carbocycles. The molecule has 1 unspecified atom stereocenters. The molecule has 1 atom stereocenters. The lowest BCUT2D eigenvalue weighted by molar-refractivity contribution is -0.121. The normalized spacial score (nSPS) is 22.1. The van der Waals surface area contributed by atoms with Gasteiger partial charge < -0.3 is 5.32 Å². The molecule has 3 N–H and O–H groups in total. The van der Waals surface area contributed by atoms with Crippen molar-refractivity contribution in [2.45, 2.75) is 32.2 Å². The average Bonchev–Trinajstić information content (AvgIpc) is 3.24. The molecule has 0 saturated heterocycles. The van der Waals surface area contributed by atoms with Gasteiger partial charge in [0.1, 0.15) is 0 Å². The molecule has 1 amide bonds. The summed E-state index contributed by atoms with van der Waals surface area (Å²) in [6.45, 7) is 2.83. The van der Waals surface area contributed by atoms with Gasteiger partial charge in [-0.25, -0.2) is 5.43 Å². The summed E-state index contributed by atoms with van der Waals surface area (Å²) in [5.74, 6) is 0.157. The molecule has 1 aliphatic carbocycles. The van der Waals surface area contributed by atoms with E-state index in [2.05, 4.69) is 33.3 Å². The highest BCUT2D eigenvalue weighted by Crippen LogP contribution is 2.19. The van der Waals surface area contributed by atoms with Gasteiger partial charge in [-0.15, -0.1) is 0 Å². The summed E-state index contributed by atoms with van der Waals surface area (Å²) in [7, 11) is 0. The number of benzene rings is 1. The van der Waals surface area contributed by atoms with Crippen LogP contribution < -0.4 is 16.1 Å². The standard InChI is InChI=1S/C15H20N4O/c1-10-8-14(20)18-19-15(10)11-2-4-12(5-3-11)16-9-17-13-6-7-13/h2-5,10,13,16-17H,6-9H2,1H3,(H,18,20). The number of nitrogens with zero attached hydrogens (tertiary/aromatic N) is 1. The van der Waals surface area contributed by atoms with Gasteiger partial charge in [0.05, 0.1) is 12.4 Å². The van der Waals surface area contributed by atoms with Crippen molar-refractivity contribution in [1.29, 1.82) is 0 Å². The van der Waals surface area contributed by atoms with Crippen molar-refractivity contribution in [3.63, 3.8) is 0 Å². The molecule has 20 heavy (non-hydrogen) atoms. The van der Waals surface area contributed by atoms with E-state index < -0.39 is 0 Å². The highest BCUT2D eigenvalue weighted by atomic mass is 16.2. The molecule has 1 heterocycles. The van der Waals surface area contributed by atoms with Crippen LogP contribution >= 0.6 is 0 Å². The van der Waals surface area contributed by atoms with E-state index in [0.717, 1.165) is 23.6 Å². The Kier molecular flexibility index (Phi) is 3.69. The molecule has 0 spiro atoms. The first kappa shape index (κ1) is 13.1. The fourth-order valence-corrected chi connectivity index (χ4v) is 2.35. The second kappa shape index (κ2) is 5.63. The van der Waals surface area contributed by atoms with Gasteiger partial charge in [-0.2, -0.15) is 5.10 Å². The SMILES string of the molecule is CC1CC(=O)NN=C1c1ccc(NCNC2CC2)cc1. The number of nitrogens with one attached hydrogen (secondary N) is 3. The summed E-state index contributed by atoms with van der Waals surface area (Å²) in [6, 6.07) is 8.91. The van der Waals surface area contributed by atoms with Crippen molar-refractivity contribution in [1.82, 2.24) is 10.7 Å². The van der Waals surface area contributed by atoms with E-state index in [9.17, 15) is 4.79 Å². The number of anilines is 1. The lowest BCUT2D eigenvalue weighted by Gasteiger charge is -2.19. The topological polar surface area (TPSA) is 65.5 Å². The second-order valence-corrected chi connectivity index (χ2v) is 5.55. The van der Waals surface area contributed by atoms with Crippen molar-refractivity contribution in [2.75, 3.05) is 12.0 Å². The summed E-state index contributed by atoms with van der Waals surface area (Å²) < 4.78 is 0. The van der Waals surface area contributed by atoms with Crippen LogP contribution in [0.25, 0.3) is 0 Å². The molecule has 1 aliphatic heterocycles. The molecule has 1 aromatic rings. The second-order valence-electron chi connectivity index (χ2n) is 5.55. The van der Waals surface area contributed by atoms with Gasteiger partial charge in [0.2, 0.25) is 5.91 Å². The average molecular weight is 272 g/mol. The van der Waals surface area contributed by atoms with E-state index in [-0.39, 0.29) is 11.8 Å². The number of rotatable bonds is 5. The van der Waals surface area contributed by atoms with Gasteiger partial charge in [-0.3, -0.25) is 10.1 Å². The predicted octanol–water partition coefficient (Wildman–Crippen LogP) is 1.67. The fourth-order valence-electron chi connectivity index (χ4n) is 2.35. The molecule has 1 fully saturated rings. The monoisotopic (exact) mass is 272 g/mol. The lowest BCUT2D eigenvalue weighted by Crippen LogP contribution is -2.31. The third kappa shape index (κ3) is 3.17. The Morgan fingerprint density at radius 3 is 2.70 bits per heavy atom. The highest BCUT2D eigenvalue weighted by molar-refractivity contribution is 6.05. The molecule has 0 bridgehead atoms. The Morgan fingerprint density at radius 2 is 2.05 bits per heavy atom. The zero-order chi connectivity index (χ0) is 13.9. The summed E-state index contributed by atoms with van der Waals surface area (Å²) in [6.07, 6.45) is 3.10. The maximum absolute atomic E-state index is 11.2. The van der Waals surface area contributed by atoms with Crippen molar-refractivity contribution in [3.8, 4) is 0 Å². The van der Waals surface area contributed by atoms with Gasteiger partial charge >= 0.3 is 0 Å². The Bertz CT molecular complexity index is 519. The van der Waals surface area contributed by atoms with E-state index >= 15 is 0 Å². The molecular weight excluding hydrogens is 252 g/mol. The van der Waals surface area contributed by atoms with Crippen molar-refractivity contribution < 1.29 is 4.79 Å². The highest BCUT2D eigenvalue weighted by Gasteiger charge is 2.21. The number of carbonyl (C=O) groups excluding carboxylic acids is 1. The van der Waals surface area contributed by atoms with Gasteiger partial charge in [0, 0.05) is 24.1 Å². The summed E-state index contributed by atoms with van der Waals surface area (Å²) >= 11 is 0. The number of hydrogen-bond donors (Lipinski definition) is 3. The van der Waals surface area contributed by atoms with Crippen molar-refractivity contribution in [3.05, 3.63) is 29.8 Å². The Morgan fingerprint density at radius 1 is 1.30 bits per heavy atom. The number of carbonyl (C=O) groups is 1. The van der Waals surface area contributed by atoms with Crippen LogP contribution in [0.4, 0.5) is 5.69 Å². The number of hydrogen-bond acceptors (Lipinski definition) is 4. The van der Waals surface area contributed by atoms with Crippen molar-refractivity contribution >= 4 is 17.3 Å². The van der Waals surface area contributed by atoms with Crippen molar-refractivity contribution in [2.24, 2.45) is 11.0 Å². The Labute approximate surface area is 118 Å². The minimum Gasteiger partial charge on any atom is -0.372 e. The van der Waals surface area contributed by atoms with Crippen LogP contribution in [0.1, 0.15) is 31.7 Å². The van der Waals surface area contributed by atoms with Gasteiger partial charge in [0.25, 0.3) is 0 Å². The molecule has 5 heteroatoms. The molecule has 5 nitrogen and oxygen atoms in total. The number of amides is 1. The molecule has 3 rings (SSSR count). The van der Waals surface area contributed by atoms with E-state index in [1.165, 1.54) is 12.8 Å². The van der Waals surface area contributed by atoms with E-state index in [1.54, 1.807) is 0 Å². The summed E-state index contributed by atoms with van der Waals surface area (Å²) in [5, 5.41) is 10.9. The first-order chi connectivity index (χ1) is 9.72. The quantitative estimate of drug-likeness (QED) is 0.714. The Hall–Kier alpha value is -1.88. The maximum atomic E-state index is 11.2. The first-order valence-electron chi connectivity index (χ1n) is 7.16. The smallest absolute Gasteiger partial charge is 0.240 e. The maximum Gasteiger partial charge on any atom is 0.240 e. The lowest BCUT2D eigenvalue weighted by atomic mass is 9.94. The first-order valence-corrected chi connectivity index (χ1v) is 7.16. The van der Waals surface area contributed by atoms with E-state index in [1.807, 2.05) is 19.1 Å². The van der Waals surface area contributed by atoms with Crippen LogP contribution in [0, 0.1) is 5.92 Å². The van der Waals surface area contributed by atoms with Gasteiger partial charge in [-0.05, 0) is 30.5 Å². The molecule has 1 saturated carbocycles. The van der Waals surface area contributed by atoms with Gasteiger partial charge in [-0.1, -0.05) is 19.1 Å². The zero-order valence-electron chi connectivity index (χ0n) is 11.6. The minimum absolute atomic E-state index is 0.00862. The third-order valence-electron chi connectivity index (χ3n) is 3.70. The third-order valence-corrected chi connectivity index (χ3v) is 3.70. The van der Waals surface area contributed by atoms with Crippen LogP contribution in [0.15, 0.2) is 29.4 Å². The Balaban J connectivity index is 1.61. The zero-order valence-corrected chi connectivity index (χ0v) is 11.6. The molecular formula is C15H20N4O. The van der Waals surface area contributed by atoms with E-state index in [4.69, 9.17) is 0 Å². The molecule has 0 aromatic heterocycles. The van der Waals surface area contributed by atoms with Crippen LogP contribution in [0.2, 0.25) is 0 Å². The minimum atomic E-state index is -0.00862. The van der Waals surface area contributed by atoms with Crippen LogP contribution in [0.3, 0.4) is 0 Å². The van der Waals surface area contributed by atoms with Crippen LogP contribution in [-0.4, -0.2) is 24.3 Å². The molecule has 106 valence electrons. The van der Waals surface area contributed by atoms with Crippen LogP contribution in [-0.2, 0) is 4.79 Å². The number of hydrazone groups is 1. The summed E-state index contributed by atoms with van der Waals surface area (Å²) in [4.78, 5) is 11.2.